The van der Waals surface area contributed by atoms with Gasteiger partial charge < -0.3 is 15.5 Å². The summed E-state index contributed by atoms with van der Waals surface area (Å²) in [6.45, 7) is 1.70. The van der Waals surface area contributed by atoms with Gasteiger partial charge in [-0.15, -0.1) is 0 Å². The summed E-state index contributed by atoms with van der Waals surface area (Å²) in [5, 5.41) is 7.65. The Bertz CT molecular complexity index is 696. The van der Waals surface area contributed by atoms with Gasteiger partial charge in [-0.2, -0.15) is 4.98 Å². The van der Waals surface area contributed by atoms with Crippen molar-refractivity contribution in [3.63, 3.8) is 0 Å². The fourth-order valence-corrected chi connectivity index (χ4v) is 2.83. The Hall–Kier alpha value is -1.56. The third-order valence-electron chi connectivity index (χ3n) is 3.80. The standard InChI is InChI=1S/C17H21Cl2N5/c1-24(2)9-8-20-17-21-14(11-6-7-11)10-15(23-17)22-16-12(18)4-3-5-13(16)19/h3-5,10-11H,6-9H2,1-2H3,(H2,20,21,22,23). The van der Waals surface area contributed by atoms with E-state index >= 15 is 0 Å². The number of para-hydroxylation sites is 1. The fraction of sp³-hybridized carbons (Fsp3) is 0.412. The number of aromatic nitrogens is 2. The van der Waals surface area contributed by atoms with E-state index in [2.05, 4.69) is 25.5 Å². The van der Waals surface area contributed by atoms with Crippen molar-refractivity contribution in [3.05, 3.63) is 40.0 Å². The van der Waals surface area contributed by atoms with Crippen LogP contribution >= 0.6 is 23.2 Å². The van der Waals surface area contributed by atoms with Gasteiger partial charge in [0.1, 0.15) is 5.82 Å². The molecule has 2 aromatic rings. The van der Waals surface area contributed by atoms with E-state index in [1.165, 1.54) is 12.8 Å². The van der Waals surface area contributed by atoms with Gasteiger partial charge in [-0.25, -0.2) is 4.98 Å². The molecule has 0 saturated heterocycles. The average Bonchev–Trinajstić information content (AvgIpc) is 3.35. The largest absolute Gasteiger partial charge is 0.353 e. The topological polar surface area (TPSA) is 53.1 Å². The summed E-state index contributed by atoms with van der Waals surface area (Å²) in [5.41, 5.74) is 1.73. The van der Waals surface area contributed by atoms with Gasteiger partial charge in [0.15, 0.2) is 0 Å². The third kappa shape index (κ3) is 4.50. The van der Waals surface area contributed by atoms with Crippen LogP contribution in [0.15, 0.2) is 24.3 Å². The van der Waals surface area contributed by atoms with Crippen LogP contribution in [0.25, 0.3) is 0 Å². The molecule has 3 rings (SSSR count). The number of benzene rings is 1. The Labute approximate surface area is 152 Å². The number of nitrogens with zero attached hydrogens (tertiary/aromatic N) is 3. The molecule has 7 heteroatoms. The van der Waals surface area contributed by atoms with Crippen LogP contribution in [0.3, 0.4) is 0 Å². The summed E-state index contributed by atoms with van der Waals surface area (Å²) in [6.07, 6.45) is 2.36. The minimum atomic E-state index is 0.532. The zero-order chi connectivity index (χ0) is 17.1. The first kappa shape index (κ1) is 17.3. The van der Waals surface area contributed by atoms with Crippen LogP contribution in [0.4, 0.5) is 17.5 Å². The molecule has 5 nitrogen and oxygen atoms in total. The van der Waals surface area contributed by atoms with Crippen molar-refractivity contribution in [1.29, 1.82) is 0 Å². The lowest BCUT2D eigenvalue weighted by atomic mass is 10.2. The minimum Gasteiger partial charge on any atom is -0.353 e. The highest BCUT2D eigenvalue weighted by Gasteiger charge is 2.26. The normalized spacial score (nSPS) is 14.0. The summed E-state index contributed by atoms with van der Waals surface area (Å²) in [5.74, 6) is 1.87. The Morgan fingerprint density at radius 1 is 1.17 bits per heavy atom. The van der Waals surface area contributed by atoms with Gasteiger partial charge >= 0.3 is 0 Å². The van der Waals surface area contributed by atoms with Gasteiger partial charge in [-0.3, -0.25) is 0 Å². The lowest BCUT2D eigenvalue weighted by Crippen LogP contribution is -2.21. The van der Waals surface area contributed by atoms with E-state index in [1.54, 1.807) is 12.1 Å². The average molecular weight is 366 g/mol. The number of anilines is 3. The van der Waals surface area contributed by atoms with Crippen LogP contribution in [0.1, 0.15) is 24.5 Å². The molecule has 0 amide bonds. The maximum absolute atomic E-state index is 6.24. The molecule has 2 N–H and O–H groups in total. The van der Waals surface area contributed by atoms with Crippen molar-refractivity contribution in [1.82, 2.24) is 14.9 Å². The van der Waals surface area contributed by atoms with Crippen LogP contribution in [0, 0.1) is 0 Å². The third-order valence-corrected chi connectivity index (χ3v) is 4.43. The van der Waals surface area contributed by atoms with E-state index in [0.29, 0.717) is 33.4 Å². The van der Waals surface area contributed by atoms with Crippen LogP contribution < -0.4 is 10.6 Å². The quantitative estimate of drug-likeness (QED) is 0.762. The highest BCUT2D eigenvalue weighted by atomic mass is 35.5. The summed E-state index contributed by atoms with van der Waals surface area (Å²) < 4.78 is 0. The molecule has 1 aromatic heterocycles. The minimum absolute atomic E-state index is 0.532. The highest BCUT2D eigenvalue weighted by Crippen LogP contribution is 2.40. The molecule has 128 valence electrons. The molecule has 0 atom stereocenters. The number of hydrogen-bond acceptors (Lipinski definition) is 5. The van der Waals surface area contributed by atoms with E-state index in [-0.39, 0.29) is 0 Å². The van der Waals surface area contributed by atoms with E-state index in [0.717, 1.165) is 18.8 Å². The van der Waals surface area contributed by atoms with Crippen molar-refractivity contribution in [2.45, 2.75) is 18.8 Å². The van der Waals surface area contributed by atoms with Gasteiger partial charge in [-0.1, -0.05) is 29.3 Å². The molecule has 0 spiro atoms. The van der Waals surface area contributed by atoms with Crippen molar-refractivity contribution in [2.75, 3.05) is 37.8 Å². The summed E-state index contributed by atoms with van der Waals surface area (Å²) in [4.78, 5) is 11.3. The Morgan fingerprint density at radius 2 is 1.88 bits per heavy atom. The maximum Gasteiger partial charge on any atom is 0.224 e. The van der Waals surface area contributed by atoms with Crippen LogP contribution in [0.2, 0.25) is 10.0 Å². The molecule has 24 heavy (non-hydrogen) atoms. The zero-order valence-electron chi connectivity index (χ0n) is 13.8. The Balaban J connectivity index is 1.82. The molecule has 1 saturated carbocycles. The summed E-state index contributed by atoms with van der Waals surface area (Å²) in [6, 6.07) is 7.40. The second kappa shape index (κ2) is 7.55. The lowest BCUT2D eigenvalue weighted by Gasteiger charge is -2.14. The van der Waals surface area contributed by atoms with Crippen molar-refractivity contribution < 1.29 is 0 Å². The highest BCUT2D eigenvalue weighted by molar-refractivity contribution is 6.39. The van der Waals surface area contributed by atoms with Gasteiger partial charge in [0.25, 0.3) is 0 Å². The van der Waals surface area contributed by atoms with Crippen LogP contribution in [-0.2, 0) is 0 Å². The first-order valence-corrected chi connectivity index (χ1v) is 8.77. The van der Waals surface area contributed by atoms with E-state index < -0.39 is 0 Å². The van der Waals surface area contributed by atoms with E-state index in [4.69, 9.17) is 23.2 Å². The van der Waals surface area contributed by atoms with Gasteiger partial charge in [0.2, 0.25) is 5.95 Å². The predicted molar refractivity (Wildman–Crippen MR) is 101 cm³/mol. The number of rotatable bonds is 7. The molecule has 0 aliphatic heterocycles. The lowest BCUT2D eigenvalue weighted by molar-refractivity contribution is 0.425. The number of halogens is 2. The SMILES string of the molecule is CN(C)CCNc1nc(Nc2c(Cl)cccc2Cl)cc(C2CC2)n1. The maximum atomic E-state index is 6.24. The van der Waals surface area contributed by atoms with Gasteiger partial charge in [0, 0.05) is 25.1 Å². The molecule has 0 radical (unpaired) electrons. The number of nitrogens with one attached hydrogen (secondary N) is 2. The fourth-order valence-electron chi connectivity index (χ4n) is 2.33. The van der Waals surface area contributed by atoms with E-state index in [9.17, 15) is 0 Å². The molecule has 1 fully saturated rings. The van der Waals surface area contributed by atoms with Crippen molar-refractivity contribution >= 4 is 40.7 Å². The molecule has 1 aromatic carbocycles. The number of hydrogen-bond donors (Lipinski definition) is 2. The first-order valence-electron chi connectivity index (χ1n) is 8.01. The second-order valence-corrected chi connectivity index (χ2v) is 7.04. The molecular formula is C17H21Cl2N5. The predicted octanol–water partition coefficient (Wildman–Crippen LogP) is 4.38. The van der Waals surface area contributed by atoms with Crippen molar-refractivity contribution in [3.8, 4) is 0 Å². The Morgan fingerprint density at radius 3 is 2.50 bits per heavy atom. The molecule has 1 aliphatic rings. The molecule has 0 bridgehead atoms. The van der Waals surface area contributed by atoms with Crippen LogP contribution in [-0.4, -0.2) is 42.1 Å². The zero-order valence-corrected chi connectivity index (χ0v) is 15.3. The number of likely N-dealkylation sites (N-methyl/N-ethyl adjacent to an activating group) is 1. The smallest absolute Gasteiger partial charge is 0.224 e. The Kier molecular flexibility index (Phi) is 5.43. The molecular weight excluding hydrogens is 345 g/mol. The summed E-state index contributed by atoms with van der Waals surface area (Å²) >= 11 is 12.5. The second-order valence-electron chi connectivity index (χ2n) is 6.23. The summed E-state index contributed by atoms with van der Waals surface area (Å²) in [7, 11) is 4.07. The van der Waals surface area contributed by atoms with E-state index in [1.807, 2.05) is 26.2 Å². The van der Waals surface area contributed by atoms with Crippen LogP contribution in [0.5, 0.6) is 0 Å². The monoisotopic (exact) mass is 365 g/mol. The van der Waals surface area contributed by atoms with Gasteiger partial charge in [0.05, 0.1) is 21.4 Å². The van der Waals surface area contributed by atoms with Gasteiger partial charge in [-0.05, 0) is 39.1 Å². The van der Waals surface area contributed by atoms with Crippen molar-refractivity contribution in [2.24, 2.45) is 0 Å². The molecule has 1 heterocycles. The first-order chi connectivity index (χ1) is 11.5. The molecule has 0 unspecified atom stereocenters. The molecule has 1 aliphatic carbocycles.